The molecule has 0 spiro atoms. The van der Waals surface area contributed by atoms with Gasteiger partial charge >= 0.3 is 0 Å². The number of rotatable bonds is 9. The van der Waals surface area contributed by atoms with Gasteiger partial charge in [0, 0.05) is 50.4 Å². The molecule has 35 heavy (non-hydrogen) atoms. The Morgan fingerprint density at radius 2 is 1.63 bits per heavy atom. The van der Waals surface area contributed by atoms with E-state index in [0.717, 1.165) is 11.4 Å². The number of aromatic nitrogens is 3. The molecule has 4 rings (SSSR count). The van der Waals surface area contributed by atoms with E-state index in [9.17, 15) is 4.79 Å². The minimum atomic E-state index is -0.0645. The SMILES string of the molecule is CCOc1cc(C(=O)N2CCN(c3ccc(-c4noc(C)n4)cn3)CC2)cc(OCC)c1OCC. The number of nitrogens with zero attached hydrogens (tertiary/aromatic N) is 5. The molecule has 186 valence electrons. The Balaban J connectivity index is 1.45. The van der Waals surface area contributed by atoms with Gasteiger partial charge in [-0.2, -0.15) is 4.98 Å². The standard InChI is InChI=1S/C25H31N5O5/c1-5-32-20-14-19(15-21(33-6-2)23(20)34-7-3)25(31)30-12-10-29(11-13-30)22-9-8-18(16-26-22)24-27-17(4)35-28-24/h8-9,14-16H,5-7,10-13H2,1-4H3. The lowest BCUT2D eigenvalue weighted by Crippen LogP contribution is -2.49. The van der Waals surface area contributed by atoms with Crippen molar-refractivity contribution in [1.29, 1.82) is 0 Å². The molecule has 2 aromatic heterocycles. The maximum atomic E-state index is 13.3. The first-order valence-electron chi connectivity index (χ1n) is 11.9. The van der Waals surface area contributed by atoms with Gasteiger partial charge in [-0.25, -0.2) is 4.98 Å². The molecule has 1 saturated heterocycles. The number of anilines is 1. The van der Waals surface area contributed by atoms with Gasteiger partial charge in [-0.05, 0) is 45.0 Å². The van der Waals surface area contributed by atoms with Crippen LogP contribution in [-0.4, -0.2) is 71.9 Å². The Kier molecular flexibility index (Phi) is 7.69. The maximum Gasteiger partial charge on any atom is 0.254 e. The van der Waals surface area contributed by atoms with Gasteiger partial charge < -0.3 is 28.5 Å². The highest BCUT2D eigenvalue weighted by molar-refractivity contribution is 5.95. The number of amides is 1. The summed E-state index contributed by atoms with van der Waals surface area (Å²) in [5, 5.41) is 3.93. The zero-order valence-corrected chi connectivity index (χ0v) is 20.6. The molecule has 1 aromatic carbocycles. The van der Waals surface area contributed by atoms with Crippen molar-refractivity contribution in [2.45, 2.75) is 27.7 Å². The lowest BCUT2D eigenvalue weighted by molar-refractivity contribution is 0.0745. The van der Waals surface area contributed by atoms with Crippen LogP contribution in [0.25, 0.3) is 11.4 Å². The van der Waals surface area contributed by atoms with Crippen LogP contribution in [0, 0.1) is 6.92 Å². The van der Waals surface area contributed by atoms with Gasteiger partial charge in [0.15, 0.2) is 11.5 Å². The van der Waals surface area contributed by atoms with Gasteiger partial charge in [-0.3, -0.25) is 4.79 Å². The van der Waals surface area contributed by atoms with E-state index in [1.165, 1.54) is 0 Å². The van der Waals surface area contributed by atoms with E-state index >= 15 is 0 Å². The Labute approximate surface area is 204 Å². The molecule has 1 aliphatic heterocycles. The van der Waals surface area contributed by atoms with Crippen LogP contribution in [0.4, 0.5) is 5.82 Å². The highest BCUT2D eigenvalue weighted by Gasteiger charge is 2.26. The van der Waals surface area contributed by atoms with Crippen molar-refractivity contribution < 1.29 is 23.5 Å². The number of carbonyl (C=O) groups excluding carboxylic acids is 1. The predicted molar refractivity (Wildman–Crippen MR) is 130 cm³/mol. The third kappa shape index (κ3) is 5.47. The third-order valence-electron chi connectivity index (χ3n) is 5.58. The first-order valence-corrected chi connectivity index (χ1v) is 11.9. The van der Waals surface area contributed by atoms with Gasteiger partial charge in [0.05, 0.1) is 19.8 Å². The highest BCUT2D eigenvalue weighted by Crippen LogP contribution is 2.39. The van der Waals surface area contributed by atoms with Gasteiger partial charge in [0.2, 0.25) is 17.5 Å². The van der Waals surface area contributed by atoms with Crippen LogP contribution in [0.5, 0.6) is 17.2 Å². The van der Waals surface area contributed by atoms with Crippen molar-refractivity contribution in [2.24, 2.45) is 0 Å². The van der Waals surface area contributed by atoms with Crippen LogP contribution in [0.1, 0.15) is 37.0 Å². The van der Waals surface area contributed by atoms with E-state index in [1.807, 2.05) is 37.8 Å². The van der Waals surface area contributed by atoms with E-state index < -0.39 is 0 Å². The van der Waals surface area contributed by atoms with Crippen molar-refractivity contribution in [1.82, 2.24) is 20.0 Å². The highest BCUT2D eigenvalue weighted by atomic mass is 16.5. The molecule has 0 aliphatic carbocycles. The lowest BCUT2D eigenvalue weighted by Gasteiger charge is -2.35. The second-order valence-corrected chi connectivity index (χ2v) is 7.92. The summed E-state index contributed by atoms with van der Waals surface area (Å²) < 4.78 is 22.3. The normalized spacial score (nSPS) is 13.6. The van der Waals surface area contributed by atoms with Crippen molar-refractivity contribution in [3.63, 3.8) is 0 Å². The minimum Gasteiger partial charge on any atom is -0.490 e. The summed E-state index contributed by atoms with van der Waals surface area (Å²) in [5.41, 5.74) is 1.32. The van der Waals surface area contributed by atoms with Crippen LogP contribution >= 0.6 is 0 Å². The average molecular weight is 482 g/mol. The van der Waals surface area contributed by atoms with Crippen LogP contribution in [0.3, 0.4) is 0 Å². The predicted octanol–water partition coefficient (Wildman–Crippen LogP) is 3.60. The molecule has 0 atom stereocenters. The summed E-state index contributed by atoms with van der Waals surface area (Å²) in [7, 11) is 0. The Morgan fingerprint density at radius 1 is 0.971 bits per heavy atom. The third-order valence-corrected chi connectivity index (χ3v) is 5.58. The number of piperazine rings is 1. The topological polar surface area (TPSA) is 103 Å². The maximum absolute atomic E-state index is 13.3. The van der Waals surface area contributed by atoms with Crippen LogP contribution in [-0.2, 0) is 0 Å². The lowest BCUT2D eigenvalue weighted by atomic mass is 10.1. The quantitative estimate of drug-likeness (QED) is 0.453. The van der Waals surface area contributed by atoms with E-state index in [1.54, 1.807) is 25.3 Å². The van der Waals surface area contributed by atoms with E-state index in [0.29, 0.717) is 80.5 Å². The van der Waals surface area contributed by atoms with Gasteiger partial charge in [-0.1, -0.05) is 5.16 Å². The smallest absolute Gasteiger partial charge is 0.254 e. The Hall–Kier alpha value is -3.82. The van der Waals surface area contributed by atoms with Crippen molar-refractivity contribution in [2.75, 3.05) is 50.9 Å². The Morgan fingerprint density at radius 3 is 2.14 bits per heavy atom. The summed E-state index contributed by atoms with van der Waals surface area (Å²) >= 11 is 0. The van der Waals surface area contributed by atoms with Crippen molar-refractivity contribution in [3.8, 4) is 28.6 Å². The molecular weight excluding hydrogens is 450 g/mol. The van der Waals surface area contributed by atoms with E-state index in [2.05, 4.69) is 20.0 Å². The number of benzene rings is 1. The molecular formula is C25H31N5O5. The number of ether oxygens (including phenoxy) is 3. The fraction of sp³-hybridized carbons (Fsp3) is 0.440. The van der Waals surface area contributed by atoms with E-state index in [4.69, 9.17) is 18.7 Å². The van der Waals surface area contributed by atoms with Gasteiger partial charge in [0.25, 0.3) is 5.91 Å². The van der Waals surface area contributed by atoms with Crippen LogP contribution < -0.4 is 19.1 Å². The molecule has 3 heterocycles. The van der Waals surface area contributed by atoms with Gasteiger partial charge in [0.1, 0.15) is 5.82 Å². The molecule has 1 amide bonds. The molecule has 3 aromatic rings. The minimum absolute atomic E-state index is 0.0645. The molecule has 0 N–H and O–H groups in total. The summed E-state index contributed by atoms with van der Waals surface area (Å²) in [5.74, 6) is 3.38. The number of aryl methyl sites for hydroxylation is 1. The second kappa shape index (κ2) is 11.1. The molecule has 0 bridgehead atoms. The first kappa shape index (κ1) is 24.3. The number of hydrogen-bond donors (Lipinski definition) is 0. The largest absolute Gasteiger partial charge is 0.490 e. The molecule has 1 fully saturated rings. The summed E-state index contributed by atoms with van der Waals surface area (Å²) in [6.07, 6.45) is 1.74. The fourth-order valence-electron chi connectivity index (χ4n) is 3.96. The number of carbonyl (C=O) groups is 1. The molecule has 10 nitrogen and oxygen atoms in total. The average Bonchev–Trinajstić information content (AvgIpc) is 3.32. The summed E-state index contributed by atoms with van der Waals surface area (Å²) in [4.78, 5) is 26.1. The summed E-state index contributed by atoms with van der Waals surface area (Å²) in [6.45, 7) is 11.3. The fourth-order valence-corrected chi connectivity index (χ4v) is 3.96. The number of pyridine rings is 1. The second-order valence-electron chi connectivity index (χ2n) is 7.92. The zero-order valence-electron chi connectivity index (χ0n) is 20.6. The molecule has 0 saturated carbocycles. The van der Waals surface area contributed by atoms with Gasteiger partial charge in [-0.15, -0.1) is 0 Å². The molecule has 0 radical (unpaired) electrons. The van der Waals surface area contributed by atoms with E-state index in [-0.39, 0.29) is 5.91 Å². The summed E-state index contributed by atoms with van der Waals surface area (Å²) in [6, 6.07) is 7.35. The molecule has 1 aliphatic rings. The van der Waals surface area contributed by atoms with Crippen molar-refractivity contribution in [3.05, 3.63) is 41.9 Å². The molecule has 10 heteroatoms. The van der Waals surface area contributed by atoms with Crippen molar-refractivity contribution >= 4 is 11.7 Å². The van der Waals surface area contributed by atoms with Crippen LogP contribution in [0.15, 0.2) is 35.0 Å². The van der Waals surface area contributed by atoms with Crippen LogP contribution in [0.2, 0.25) is 0 Å². The Bertz CT molecular complexity index is 1110. The monoisotopic (exact) mass is 481 g/mol. The first-order chi connectivity index (χ1) is 17.0. The molecule has 0 unspecified atom stereocenters. The number of hydrogen-bond acceptors (Lipinski definition) is 9. The zero-order chi connectivity index (χ0) is 24.8.